The fourth-order valence-electron chi connectivity index (χ4n) is 3.15. The first-order chi connectivity index (χ1) is 12.8. The topological polar surface area (TPSA) is 49.9 Å². The van der Waals surface area contributed by atoms with Crippen molar-refractivity contribution in [1.29, 1.82) is 0 Å². The molecule has 0 atom stereocenters. The molecule has 1 aliphatic rings. The van der Waals surface area contributed by atoms with Crippen LogP contribution in [-0.2, 0) is 10.0 Å². The number of rotatable bonds is 5. The highest BCUT2D eigenvalue weighted by Gasteiger charge is 2.29. The summed E-state index contributed by atoms with van der Waals surface area (Å²) in [7, 11) is -3.55. The van der Waals surface area contributed by atoms with Crippen molar-refractivity contribution in [2.45, 2.75) is 18.7 Å². The monoisotopic (exact) mass is 428 g/mol. The van der Waals surface area contributed by atoms with Crippen LogP contribution in [0.4, 0.5) is 5.69 Å². The quantitative estimate of drug-likeness (QED) is 0.715. The van der Waals surface area contributed by atoms with Gasteiger partial charge in [-0.1, -0.05) is 29.3 Å². The SMILES string of the molecule is CCOc1ccc(S(=O)(=O)N2CCN(c3cccc(Cl)c3Cl)CC2)cc1C. The van der Waals surface area contributed by atoms with Gasteiger partial charge < -0.3 is 9.64 Å². The Hall–Kier alpha value is -1.47. The van der Waals surface area contributed by atoms with Gasteiger partial charge in [-0.25, -0.2) is 8.42 Å². The smallest absolute Gasteiger partial charge is 0.243 e. The van der Waals surface area contributed by atoms with Crippen LogP contribution in [0.15, 0.2) is 41.3 Å². The van der Waals surface area contributed by atoms with Gasteiger partial charge in [-0.2, -0.15) is 4.31 Å². The van der Waals surface area contributed by atoms with Gasteiger partial charge in [0.1, 0.15) is 5.75 Å². The number of benzene rings is 2. The Kier molecular flexibility index (Phi) is 6.21. The molecule has 2 aromatic carbocycles. The molecule has 1 saturated heterocycles. The second kappa shape index (κ2) is 8.27. The molecular weight excluding hydrogens is 407 g/mol. The first-order valence-corrected chi connectivity index (χ1v) is 11.0. The van der Waals surface area contributed by atoms with Crippen LogP contribution in [0.5, 0.6) is 5.75 Å². The lowest BCUT2D eigenvalue weighted by Gasteiger charge is -2.36. The molecule has 0 amide bonds. The van der Waals surface area contributed by atoms with Crippen LogP contribution in [0.3, 0.4) is 0 Å². The zero-order chi connectivity index (χ0) is 19.6. The summed E-state index contributed by atoms with van der Waals surface area (Å²) >= 11 is 12.4. The fourth-order valence-corrected chi connectivity index (χ4v) is 5.08. The summed E-state index contributed by atoms with van der Waals surface area (Å²) in [6.07, 6.45) is 0. The molecule has 1 fully saturated rings. The van der Waals surface area contributed by atoms with Crippen molar-refractivity contribution >= 4 is 38.9 Å². The largest absolute Gasteiger partial charge is 0.494 e. The van der Waals surface area contributed by atoms with Gasteiger partial charge >= 0.3 is 0 Å². The maximum atomic E-state index is 13.0. The lowest BCUT2D eigenvalue weighted by Crippen LogP contribution is -2.48. The minimum absolute atomic E-state index is 0.290. The lowest BCUT2D eigenvalue weighted by molar-refractivity contribution is 0.337. The first-order valence-electron chi connectivity index (χ1n) is 8.77. The Labute approximate surface area is 170 Å². The number of anilines is 1. The summed E-state index contributed by atoms with van der Waals surface area (Å²) in [5, 5.41) is 0.992. The molecule has 0 aliphatic carbocycles. The molecule has 146 valence electrons. The fraction of sp³-hybridized carbons (Fsp3) is 0.368. The van der Waals surface area contributed by atoms with Gasteiger partial charge in [0.2, 0.25) is 10.0 Å². The Morgan fingerprint density at radius 3 is 2.41 bits per heavy atom. The number of halogens is 2. The summed E-state index contributed by atoms with van der Waals surface area (Å²) in [5.74, 6) is 0.705. The van der Waals surface area contributed by atoms with E-state index in [0.717, 1.165) is 11.3 Å². The molecular formula is C19H22Cl2N2O3S. The predicted octanol–water partition coefficient (Wildman–Crippen LogP) is 4.21. The van der Waals surface area contributed by atoms with Crippen LogP contribution < -0.4 is 9.64 Å². The second-order valence-electron chi connectivity index (χ2n) is 6.32. The van der Waals surface area contributed by atoms with Crippen LogP contribution >= 0.6 is 23.2 Å². The molecule has 3 rings (SSSR count). The van der Waals surface area contributed by atoms with E-state index in [-0.39, 0.29) is 4.90 Å². The molecule has 0 saturated carbocycles. The number of ether oxygens (including phenoxy) is 1. The van der Waals surface area contributed by atoms with Gasteiger partial charge in [-0.3, -0.25) is 0 Å². The van der Waals surface area contributed by atoms with Gasteiger partial charge in [0, 0.05) is 26.2 Å². The molecule has 2 aromatic rings. The van der Waals surface area contributed by atoms with Gasteiger partial charge in [0.25, 0.3) is 0 Å². The van der Waals surface area contributed by atoms with E-state index in [2.05, 4.69) is 4.90 Å². The minimum Gasteiger partial charge on any atom is -0.494 e. The molecule has 0 aromatic heterocycles. The molecule has 0 radical (unpaired) electrons. The Balaban J connectivity index is 1.75. The molecule has 0 bridgehead atoms. The van der Waals surface area contributed by atoms with Crippen molar-refractivity contribution < 1.29 is 13.2 Å². The van der Waals surface area contributed by atoms with Crippen LogP contribution in [0.2, 0.25) is 10.0 Å². The molecule has 0 N–H and O–H groups in total. The summed E-state index contributed by atoms with van der Waals surface area (Å²) in [6.45, 7) is 6.17. The molecule has 1 heterocycles. The summed E-state index contributed by atoms with van der Waals surface area (Å²) in [6, 6.07) is 10.5. The molecule has 5 nitrogen and oxygen atoms in total. The number of piperazine rings is 1. The molecule has 27 heavy (non-hydrogen) atoms. The Morgan fingerprint density at radius 1 is 1.07 bits per heavy atom. The molecule has 0 unspecified atom stereocenters. The number of hydrogen-bond donors (Lipinski definition) is 0. The van der Waals surface area contributed by atoms with E-state index in [0.29, 0.717) is 48.6 Å². The van der Waals surface area contributed by atoms with Gasteiger partial charge in [0.05, 0.1) is 27.2 Å². The highest BCUT2D eigenvalue weighted by atomic mass is 35.5. The zero-order valence-corrected chi connectivity index (χ0v) is 17.6. The average molecular weight is 429 g/mol. The van der Waals surface area contributed by atoms with Crippen LogP contribution in [-0.4, -0.2) is 45.5 Å². The Bertz CT molecular complexity index is 927. The van der Waals surface area contributed by atoms with Crippen LogP contribution in [0, 0.1) is 6.92 Å². The van der Waals surface area contributed by atoms with E-state index in [1.54, 1.807) is 24.3 Å². The van der Waals surface area contributed by atoms with Gasteiger partial charge in [-0.05, 0) is 49.7 Å². The summed E-state index contributed by atoms with van der Waals surface area (Å²) in [5.41, 5.74) is 1.64. The van der Waals surface area contributed by atoms with Gasteiger partial charge in [0.15, 0.2) is 0 Å². The maximum absolute atomic E-state index is 13.0. The third-order valence-electron chi connectivity index (χ3n) is 4.59. The van der Waals surface area contributed by atoms with Crippen molar-refractivity contribution in [2.24, 2.45) is 0 Å². The maximum Gasteiger partial charge on any atom is 0.243 e. The van der Waals surface area contributed by atoms with E-state index in [1.807, 2.05) is 26.0 Å². The van der Waals surface area contributed by atoms with Crippen molar-refractivity contribution in [3.8, 4) is 5.75 Å². The number of hydrogen-bond acceptors (Lipinski definition) is 4. The summed E-state index contributed by atoms with van der Waals surface area (Å²) in [4.78, 5) is 2.35. The highest BCUT2D eigenvalue weighted by molar-refractivity contribution is 7.89. The van der Waals surface area contributed by atoms with Crippen molar-refractivity contribution in [1.82, 2.24) is 4.31 Å². The average Bonchev–Trinajstić information content (AvgIpc) is 2.66. The van der Waals surface area contributed by atoms with Crippen molar-refractivity contribution in [2.75, 3.05) is 37.7 Å². The standard InChI is InChI=1S/C19H22Cl2N2O3S/c1-3-26-18-8-7-15(13-14(18)2)27(24,25)23-11-9-22(10-12-23)17-6-4-5-16(20)19(17)21/h4-8,13H,3,9-12H2,1-2H3. The normalized spacial score (nSPS) is 15.8. The first kappa shape index (κ1) is 20.3. The van der Waals surface area contributed by atoms with Crippen LogP contribution in [0.25, 0.3) is 0 Å². The zero-order valence-electron chi connectivity index (χ0n) is 15.3. The lowest BCUT2D eigenvalue weighted by atomic mass is 10.2. The third kappa shape index (κ3) is 4.19. The van der Waals surface area contributed by atoms with E-state index in [1.165, 1.54) is 4.31 Å². The van der Waals surface area contributed by atoms with E-state index >= 15 is 0 Å². The molecule has 0 spiro atoms. The van der Waals surface area contributed by atoms with Gasteiger partial charge in [-0.15, -0.1) is 0 Å². The third-order valence-corrected chi connectivity index (χ3v) is 7.30. The number of aryl methyl sites for hydroxylation is 1. The van der Waals surface area contributed by atoms with Crippen molar-refractivity contribution in [3.05, 3.63) is 52.0 Å². The number of nitrogens with zero attached hydrogens (tertiary/aromatic N) is 2. The minimum atomic E-state index is -3.55. The molecule has 8 heteroatoms. The van der Waals surface area contributed by atoms with E-state index in [9.17, 15) is 8.42 Å². The summed E-state index contributed by atoms with van der Waals surface area (Å²) < 4.78 is 33.0. The van der Waals surface area contributed by atoms with E-state index < -0.39 is 10.0 Å². The highest BCUT2D eigenvalue weighted by Crippen LogP contribution is 2.33. The second-order valence-corrected chi connectivity index (χ2v) is 9.05. The van der Waals surface area contributed by atoms with Crippen LogP contribution in [0.1, 0.15) is 12.5 Å². The van der Waals surface area contributed by atoms with E-state index in [4.69, 9.17) is 27.9 Å². The predicted molar refractivity (Wildman–Crippen MR) is 110 cm³/mol. The molecule has 1 aliphatic heterocycles. The Morgan fingerprint density at radius 2 is 1.78 bits per heavy atom. The number of sulfonamides is 1. The van der Waals surface area contributed by atoms with Crippen molar-refractivity contribution in [3.63, 3.8) is 0 Å².